The van der Waals surface area contributed by atoms with Crippen LogP contribution in [0.1, 0.15) is 179 Å². The molecule has 656 valence electrons. The molecule has 12 heteroatoms. The van der Waals surface area contributed by atoms with E-state index >= 15 is 0 Å². The average molecular weight is 1790 g/mol. The molecule has 20 aromatic rings. The van der Waals surface area contributed by atoms with Gasteiger partial charge in [0, 0.05) is 118 Å². The molecular formula is C128H84N12. The fourth-order valence-corrected chi connectivity index (χ4v) is 28.1. The highest BCUT2D eigenvalue weighted by atomic mass is 15.2. The van der Waals surface area contributed by atoms with Crippen molar-refractivity contribution in [2.75, 3.05) is 19.6 Å². The van der Waals surface area contributed by atoms with Gasteiger partial charge in [0.2, 0.25) is 0 Å². The van der Waals surface area contributed by atoms with Crippen molar-refractivity contribution in [1.82, 2.24) is 39.9 Å². The largest absolute Gasteiger partial charge is 0.308 e. The molecule has 0 fully saturated rings. The summed E-state index contributed by atoms with van der Waals surface area (Å²) in [5.74, 6) is 1.05. The van der Waals surface area contributed by atoms with E-state index in [9.17, 15) is 0 Å². The molecule has 0 radical (unpaired) electrons. The van der Waals surface area contributed by atoms with Crippen molar-refractivity contribution in [1.29, 1.82) is 0 Å². The summed E-state index contributed by atoms with van der Waals surface area (Å²) in [7, 11) is 0. The van der Waals surface area contributed by atoms with Gasteiger partial charge >= 0.3 is 0 Å². The smallest absolute Gasteiger partial charge is 0.141 e. The van der Waals surface area contributed by atoms with Gasteiger partial charge < -0.3 is 14.7 Å². The van der Waals surface area contributed by atoms with Gasteiger partial charge in [-0.3, -0.25) is 39.8 Å². The van der Waals surface area contributed by atoms with Gasteiger partial charge in [-0.05, 0) is 358 Å². The first-order valence-electron chi connectivity index (χ1n) is 49.7. The van der Waals surface area contributed by atoms with Gasteiger partial charge in [-0.15, -0.1) is 0 Å². The minimum absolute atomic E-state index is 0.795. The monoisotopic (exact) mass is 1790 g/mol. The van der Waals surface area contributed by atoms with Crippen LogP contribution >= 0.6 is 0 Å². The Morgan fingerprint density at radius 2 is 0.450 bits per heavy atom. The fraction of sp³-hybridized carbons (Fsp3) is 0.125. The summed E-state index contributed by atoms with van der Waals surface area (Å²) in [5.41, 5.74) is 81.2. The Balaban J connectivity index is 0.0000000829. The van der Waals surface area contributed by atoms with Crippen molar-refractivity contribution in [3.63, 3.8) is 0 Å². The van der Waals surface area contributed by atoms with Crippen molar-refractivity contribution in [3.05, 3.63) is 495 Å². The van der Waals surface area contributed by atoms with Crippen molar-refractivity contribution >= 4 is 68.4 Å². The molecule has 12 aromatic carbocycles. The Hall–Kier alpha value is -17.0. The Kier molecular flexibility index (Phi) is 15.4. The van der Waals surface area contributed by atoms with Crippen LogP contribution in [0.3, 0.4) is 0 Å². The normalized spacial score (nSPS) is 14.9. The second-order valence-electron chi connectivity index (χ2n) is 40.7. The Bertz CT molecular complexity index is 8100. The highest BCUT2D eigenvalue weighted by Gasteiger charge is 2.45. The first kappa shape index (κ1) is 76.2. The van der Waals surface area contributed by atoms with Gasteiger partial charge in [0.25, 0.3) is 0 Å². The molecule has 0 saturated carbocycles. The second-order valence-corrected chi connectivity index (χ2v) is 40.7. The highest BCUT2D eigenvalue weighted by Crippen LogP contribution is 2.64. The summed E-state index contributed by atoms with van der Waals surface area (Å²) >= 11 is 0. The molecule has 0 bridgehead atoms. The minimum atomic E-state index is 0.795. The summed E-state index contributed by atoms with van der Waals surface area (Å²) in [6, 6.07) is 95.4. The summed E-state index contributed by atoms with van der Waals surface area (Å²) in [6.07, 6.45) is 34.9. The molecule has 0 atom stereocenters. The van der Waals surface area contributed by atoms with Gasteiger partial charge in [0.15, 0.2) is 0 Å². The van der Waals surface area contributed by atoms with Crippen LogP contribution < -0.4 is 19.6 Å². The molecule has 140 heavy (non-hydrogen) atoms. The van der Waals surface area contributed by atoms with Gasteiger partial charge in [0.1, 0.15) is 5.82 Å². The van der Waals surface area contributed by atoms with E-state index in [0.717, 1.165) is 131 Å². The summed E-state index contributed by atoms with van der Waals surface area (Å²) < 4.78 is 0. The first-order chi connectivity index (χ1) is 69.4. The van der Waals surface area contributed by atoms with Crippen LogP contribution in [0.25, 0.3) is 89.0 Å². The first-order valence-corrected chi connectivity index (χ1v) is 49.7. The molecule has 0 spiro atoms. The number of rotatable bonds is 0. The number of anilines is 12. The molecule has 8 aliphatic carbocycles. The molecule has 0 amide bonds. The van der Waals surface area contributed by atoms with Crippen LogP contribution in [0.2, 0.25) is 0 Å². The third kappa shape index (κ3) is 10.5. The van der Waals surface area contributed by atoms with E-state index in [1.807, 2.05) is 68.0 Å². The zero-order chi connectivity index (χ0) is 90.7. The number of fused-ring (bicyclic) bond motifs is 48. The van der Waals surface area contributed by atoms with Gasteiger partial charge in [0.05, 0.1) is 97.2 Å². The van der Waals surface area contributed by atoms with Crippen LogP contribution in [0.15, 0.2) is 317 Å². The standard InChI is InChI=1S/4C32H21N3/c1-2-6-24-18(4-1)14-19-7-8-21-15-20-9-10-27-25(29(20)30(21)28(19)24)16-22-11-13-33-26-17-23-5-3-12-34-32(23)35(27)31(22)26;1-2-5-23-18(4-1)14-19-7-8-21-15-20-9-10-27-24(30(20)31(21)29(19)23)16-22-11-13-34-26-17-25-28(6-3-12-33-25)35(27)32(22)26;1-2-4-24-18(3-1)13-19-5-6-21-14-20-7-8-28-25(30(20)31(21)29(19)24)15-22-9-12-34-26-16-23-17-33-11-10-27(23)35(28)32(22)26;1-2-4-24-18(3-1)13-20-5-6-22-14-21-7-8-27-25(30(21)31(22)29(20)24)15-23-10-12-34-26-16-19-9-11-33-17-28(19)35(27)32(23)26/h2*1-13H,14-17H2;2*1-12,17H,13-16H2. The molecule has 0 N–H and O–H groups in total. The quantitative estimate of drug-likeness (QED) is 0.144. The third-order valence-electron chi connectivity index (χ3n) is 33.7. The lowest BCUT2D eigenvalue weighted by molar-refractivity contribution is 0.927. The Morgan fingerprint density at radius 1 is 0.150 bits per heavy atom. The van der Waals surface area contributed by atoms with Crippen LogP contribution in [0.5, 0.6) is 0 Å². The number of aromatic nitrogens is 8. The Morgan fingerprint density at radius 3 is 0.886 bits per heavy atom. The van der Waals surface area contributed by atoms with Gasteiger partial charge in [-0.2, -0.15) is 0 Å². The maximum atomic E-state index is 4.87. The molecule has 0 saturated heterocycles. The van der Waals surface area contributed by atoms with E-state index in [4.69, 9.17) is 29.9 Å². The second kappa shape index (κ2) is 28.4. The molecule has 12 nitrogen and oxygen atoms in total. The highest BCUT2D eigenvalue weighted by molar-refractivity contribution is 6.07. The summed E-state index contributed by atoms with van der Waals surface area (Å²) in [5, 5.41) is 0. The third-order valence-corrected chi connectivity index (χ3v) is 33.7. The molecule has 8 aliphatic heterocycles. The van der Waals surface area contributed by atoms with Gasteiger partial charge in [-0.1, -0.05) is 176 Å². The van der Waals surface area contributed by atoms with Crippen molar-refractivity contribution < 1.29 is 0 Å². The van der Waals surface area contributed by atoms with E-state index in [-0.39, 0.29) is 0 Å². The molecule has 36 rings (SSSR count). The van der Waals surface area contributed by atoms with E-state index in [1.165, 1.54) is 307 Å². The van der Waals surface area contributed by atoms with E-state index in [0.29, 0.717) is 0 Å². The van der Waals surface area contributed by atoms with Crippen molar-refractivity contribution in [3.8, 4) is 89.0 Å². The lowest BCUT2D eigenvalue weighted by Gasteiger charge is -2.39. The van der Waals surface area contributed by atoms with Crippen LogP contribution in [0.4, 0.5) is 68.4 Å². The zero-order valence-electron chi connectivity index (χ0n) is 76.7. The number of hydrogen-bond acceptors (Lipinski definition) is 12. The number of nitrogens with zero attached hydrogens (tertiary/aromatic N) is 12. The predicted molar refractivity (Wildman–Crippen MR) is 555 cm³/mol. The van der Waals surface area contributed by atoms with Crippen molar-refractivity contribution in [2.45, 2.75) is 103 Å². The maximum absolute atomic E-state index is 4.87. The van der Waals surface area contributed by atoms with Crippen LogP contribution in [-0.4, -0.2) is 39.9 Å². The predicted octanol–water partition coefficient (Wildman–Crippen LogP) is 27.6. The SMILES string of the molecule is c1ccc2c(c1)Cc1ccc3c(c1-2)-c1c(ccc2c1Cc1ccnc4c1N2c1cccnc1C4)C3.c1ccc2c(c1)Cc1ccc3c(c1-2)-c1c(ccc2c1Cc1ccnc4c1N2c1ccncc1C4)C3.c1ccc2c(c1)Cc1ccc3c(c1-2)-c1c(ccc2c1Cc1ccnc4c1N2c1cnccc1C4)C3.c1ccc2c(c1)Cc1ccc3c(c1-2)-c1c(ccc2c1Cc1ccnc4c1N2c1ncccc1C4)C3. The average Bonchev–Trinajstić information content (AvgIpc) is 1.49. The van der Waals surface area contributed by atoms with Gasteiger partial charge in [-0.25, -0.2) is 4.98 Å². The summed E-state index contributed by atoms with van der Waals surface area (Å²) in [6.45, 7) is 0. The molecule has 0 unspecified atom stereocenters. The maximum Gasteiger partial charge on any atom is 0.141 e. The minimum Gasteiger partial charge on any atom is -0.308 e. The Labute approximate surface area is 809 Å². The van der Waals surface area contributed by atoms with Crippen molar-refractivity contribution in [2.24, 2.45) is 0 Å². The molecule has 8 aromatic heterocycles. The number of pyridine rings is 8. The molecular weight excluding hydrogens is 1710 g/mol. The van der Waals surface area contributed by atoms with Crippen LogP contribution in [0, 0.1) is 0 Å². The molecule has 16 heterocycles. The van der Waals surface area contributed by atoms with E-state index in [2.05, 4.69) is 278 Å². The fourth-order valence-electron chi connectivity index (χ4n) is 28.1. The number of hydrogen-bond donors (Lipinski definition) is 0. The summed E-state index contributed by atoms with van der Waals surface area (Å²) in [4.78, 5) is 47.5. The lowest BCUT2D eigenvalue weighted by Crippen LogP contribution is -2.26. The van der Waals surface area contributed by atoms with E-state index in [1.54, 1.807) is 0 Å². The zero-order valence-corrected chi connectivity index (χ0v) is 76.7. The van der Waals surface area contributed by atoms with E-state index < -0.39 is 0 Å². The lowest BCUT2D eigenvalue weighted by atomic mass is 9.84. The molecule has 16 aliphatic rings. The van der Waals surface area contributed by atoms with Crippen LogP contribution in [-0.2, 0) is 103 Å². The topological polar surface area (TPSA) is 116 Å². The number of benzene rings is 12.